The Bertz CT molecular complexity index is 954. The first-order valence-electron chi connectivity index (χ1n) is 7.86. The van der Waals surface area contributed by atoms with E-state index in [1.54, 1.807) is 10.7 Å². The summed E-state index contributed by atoms with van der Waals surface area (Å²) >= 11 is 0. The van der Waals surface area contributed by atoms with Gasteiger partial charge in [-0.25, -0.2) is 9.50 Å². The number of rotatable bonds is 3. The molecule has 0 saturated carbocycles. The summed E-state index contributed by atoms with van der Waals surface area (Å²) in [6, 6.07) is 3.67. The number of ketones is 1. The number of fused-ring (bicyclic) bond motifs is 3. The minimum absolute atomic E-state index is 0.0836. The Hall–Kier alpha value is -2.96. The maximum atomic E-state index is 12.4. The number of aryl methyl sites for hydroxylation is 2. The minimum Gasteiger partial charge on any atom is -0.465 e. The lowest BCUT2D eigenvalue weighted by molar-refractivity contribution is 0.0947. The SMILES string of the molecule is Cc1ccc(CNC(=O)c2cnn3c4c(cnc23)C(=O)CCC4)o1. The molecular weight excluding hydrogens is 308 g/mol. The van der Waals surface area contributed by atoms with Gasteiger partial charge in [0.1, 0.15) is 17.1 Å². The molecule has 0 aliphatic heterocycles. The fourth-order valence-corrected chi connectivity index (χ4v) is 3.01. The van der Waals surface area contributed by atoms with E-state index in [-0.39, 0.29) is 11.7 Å². The number of amides is 1. The number of aromatic nitrogens is 3. The number of hydrogen-bond acceptors (Lipinski definition) is 5. The number of nitrogens with one attached hydrogen (secondary N) is 1. The molecule has 4 rings (SSSR count). The third-order valence-electron chi connectivity index (χ3n) is 4.21. The van der Waals surface area contributed by atoms with Crippen LogP contribution in [0.5, 0.6) is 0 Å². The van der Waals surface area contributed by atoms with Crippen molar-refractivity contribution in [1.82, 2.24) is 19.9 Å². The fourth-order valence-electron chi connectivity index (χ4n) is 3.01. The lowest BCUT2D eigenvalue weighted by Crippen LogP contribution is -2.23. The van der Waals surface area contributed by atoms with E-state index in [1.807, 2.05) is 19.1 Å². The largest absolute Gasteiger partial charge is 0.465 e. The zero-order chi connectivity index (χ0) is 16.7. The van der Waals surface area contributed by atoms with Gasteiger partial charge in [0.2, 0.25) is 0 Å². The van der Waals surface area contributed by atoms with Gasteiger partial charge in [0.15, 0.2) is 11.4 Å². The molecule has 3 aromatic rings. The van der Waals surface area contributed by atoms with Crippen LogP contribution >= 0.6 is 0 Å². The Morgan fingerprint density at radius 2 is 2.21 bits per heavy atom. The topological polar surface area (TPSA) is 89.5 Å². The Kier molecular flexibility index (Phi) is 3.41. The van der Waals surface area contributed by atoms with Crippen molar-refractivity contribution < 1.29 is 14.0 Å². The monoisotopic (exact) mass is 324 g/mol. The summed E-state index contributed by atoms with van der Waals surface area (Å²) < 4.78 is 7.05. The van der Waals surface area contributed by atoms with Gasteiger partial charge < -0.3 is 9.73 Å². The zero-order valence-electron chi connectivity index (χ0n) is 13.2. The molecule has 0 aromatic carbocycles. The lowest BCUT2D eigenvalue weighted by atomic mass is 9.96. The van der Waals surface area contributed by atoms with Crippen LogP contribution in [0.15, 0.2) is 28.9 Å². The van der Waals surface area contributed by atoms with Crippen molar-refractivity contribution in [2.45, 2.75) is 32.7 Å². The van der Waals surface area contributed by atoms with Gasteiger partial charge in [-0.05, 0) is 31.9 Å². The molecule has 0 radical (unpaired) electrons. The molecule has 1 N–H and O–H groups in total. The number of carbonyl (C=O) groups excluding carboxylic acids is 2. The quantitative estimate of drug-likeness (QED) is 0.796. The molecule has 24 heavy (non-hydrogen) atoms. The first-order chi connectivity index (χ1) is 11.6. The third kappa shape index (κ3) is 2.38. The third-order valence-corrected chi connectivity index (χ3v) is 4.21. The van der Waals surface area contributed by atoms with Crippen molar-refractivity contribution in [3.8, 4) is 0 Å². The molecule has 0 atom stereocenters. The van der Waals surface area contributed by atoms with Crippen LogP contribution < -0.4 is 5.32 Å². The molecule has 0 spiro atoms. The standard InChI is InChI=1S/C17H16N4O3/c1-10-5-6-11(24-10)7-19-17(23)13-9-20-21-14-3-2-4-15(22)12(14)8-18-16(13)21/h5-6,8-9H,2-4,7H2,1H3,(H,19,23). The Morgan fingerprint density at radius 1 is 1.33 bits per heavy atom. The molecule has 1 aliphatic rings. The van der Waals surface area contributed by atoms with Gasteiger partial charge >= 0.3 is 0 Å². The van der Waals surface area contributed by atoms with E-state index in [1.165, 1.54) is 6.20 Å². The predicted molar refractivity (Wildman–Crippen MR) is 84.9 cm³/mol. The number of Topliss-reactive ketones (excluding diaryl/α,β-unsaturated/α-hetero) is 1. The van der Waals surface area contributed by atoms with E-state index in [2.05, 4.69) is 15.4 Å². The van der Waals surface area contributed by atoms with Crippen LogP contribution in [-0.4, -0.2) is 26.3 Å². The highest BCUT2D eigenvalue weighted by atomic mass is 16.3. The summed E-state index contributed by atoms with van der Waals surface area (Å²) in [6.07, 6.45) is 5.14. The maximum absolute atomic E-state index is 12.4. The summed E-state index contributed by atoms with van der Waals surface area (Å²) in [7, 11) is 0. The second kappa shape index (κ2) is 5.59. The molecule has 1 amide bonds. The summed E-state index contributed by atoms with van der Waals surface area (Å²) in [5.41, 5.74) is 2.29. The maximum Gasteiger partial charge on any atom is 0.257 e. The van der Waals surface area contributed by atoms with Crippen molar-refractivity contribution in [1.29, 1.82) is 0 Å². The fraction of sp³-hybridized carbons (Fsp3) is 0.294. The Morgan fingerprint density at radius 3 is 3.00 bits per heavy atom. The van der Waals surface area contributed by atoms with Crippen molar-refractivity contribution in [2.75, 3.05) is 0 Å². The highest BCUT2D eigenvalue weighted by Crippen LogP contribution is 2.22. The van der Waals surface area contributed by atoms with Crippen LogP contribution in [0, 0.1) is 6.92 Å². The van der Waals surface area contributed by atoms with Gasteiger partial charge in [-0.15, -0.1) is 0 Å². The molecule has 0 saturated heterocycles. The lowest BCUT2D eigenvalue weighted by Gasteiger charge is -2.14. The molecular formula is C17H16N4O3. The Labute approximate surface area is 137 Å². The summed E-state index contributed by atoms with van der Waals surface area (Å²) in [5, 5.41) is 7.07. The van der Waals surface area contributed by atoms with Crippen molar-refractivity contribution in [2.24, 2.45) is 0 Å². The molecule has 7 heteroatoms. The highest BCUT2D eigenvalue weighted by Gasteiger charge is 2.23. The van der Waals surface area contributed by atoms with Crippen molar-refractivity contribution in [3.05, 3.63) is 52.9 Å². The van der Waals surface area contributed by atoms with Crippen LogP contribution in [0.1, 0.15) is 50.8 Å². The van der Waals surface area contributed by atoms with Gasteiger partial charge in [-0.2, -0.15) is 5.10 Å². The smallest absolute Gasteiger partial charge is 0.257 e. The van der Waals surface area contributed by atoms with Crippen LogP contribution in [-0.2, 0) is 13.0 Å². The van der Waals surface area contributed by atoms with E-state index < -0.39 is 0 Å². The van der Waals surface area contributed by atoms with Gasteiger partial charge in [0.05, 0.1) is 24.0 Å². The van der Waals surface area contributed by atoms with Gasteiger partial charge in [0.25, 0.3) is 5.91 Å². The van der Waals surface area contributed by atoms with Gasteiger partial charge in [0, 0.05) is 12.6 Å². The molecule has 0 bridgehead atoms. The van der Waals surface area contributed by atoms with Crippen LogP contribution in [0.3, 0.4) is 0 Å². The molecule has 3 heterocycles. The Balaban J connectivity index is 1.62. The van der Waals surface area contributed by atoms with E-state index in [4.69, 9.17) is 4.42 Å². The zero-order valence-corrected chi connectivity index (χ0v) is 13.2. The first kappa shape index (κ1) is 14.6. The number of carbonyl (C=O) groups is 2. The van der Waals surface area contributed by atoms with Crippen LogP contribution in [0.4, 0.5) is 0 Å². The summed E-state index contributed by atoms with van der Waals surface area (Å²) in [5.74, 6) is 1.30. The molecule has 7 nitrogen and oxygen atoms in total. The van der Waals surface area contributed by atoms with E-state index in [0.717, 1.165) is 24.3 Å². The summed E-state index contributed by atoms with van der Waals surface area (Å²) in [4.78, 5) is 28.7. The van der Waals surface area contributed by atoms with Crippen LogP contribution in [0.2, 0.25) is 0 Å². The number of nitrogens with zero attached hydrogens (tertiary/aromatic N) is 3. The van der Waals surface area contributed by atoms with Crippen LogP contribution in [0.25, 0.3) is 5.65 Å². The molecule has 122 valence electrons. The van der Waals surface area contributed by atoms with E-state index >= 15 is 0 Å². The molecule has 3 aromatic heterocycles. The second-order valence-electron chi connectivity index (χ2n) is 5.88. The molecule has 0 unspecified atom stereocenters. The van der Waals surface area contributed by atoms with Gasteiger partial charge in [-0.3, -0.25) is 9.59 Å². The van der Waals surface area contributed by atoms with E-state index in [0.29, 0.717) is 35.5 Å². The van der Waals surface area contributed by atoms with Gasteiger partial charge in [-0.1, -0.05) is 0 Å². The average Bonchev–Trinajstić information content (AvgIpc) is 3.19. The predicted octanol–water partition coefficient (Wildman–Crippen LogP) is 2.08. The van der Waals surface area contributed by atoms with E-state index in [9.17, 15) is 9.59 Å². The second-order valence-corrected chi connectivity index (χ2v) is 5.88. The molecule has 1 aliphatic carbocycles. The first-order valence-corrected chi connectivity index (χ1v) is 7.86. The normalized spacial score (nSPS) is 14.0. The number of hydrogen-bond donors (Lipinski definition) is 1. The number of furan rings is 1. The molecule has 0 fully saturated rings. The minimum atomic E-state index is -0.270. The highest BCUT2D eigenvalue weighted by molar-refractivity contribution is 6.01. The van der Waals surface area contributed by atoms with Crippen molar-refractivity contribution in [3.63, 3.8) is 0 Å². The van der Waals surface area contributed by atoms with Crippen molar-refractivity contribution >= 4 is 17.3 Å². The summed E-state index contributed by atoms with van der Waals surface area (Å²) in [6.45, 7) is 2.15. The average molecular weight is 324 g/mol.